The fourth-order valence-corrected chi connectivity index (χ4v) is 3.89. The Hall–Kier alpha value is -2.39. The highest BCUT2D eigenvalue weighted by atomic mass is 35.5. The largest absolute Gasteiger partial charge is 0.444 e. The molecule has 2 aromatic rings. The van der Waals surface area contributed by atoms with Crippen molar-refractivity contribution < 1.29 is 14.3 Å². The number of alkyl carbamates (subject to hydrolysis) is 1. The van der Waals surface area contributed by atoms with Crippen molar-refractivity contribution in [2.45, 2.75) is 72.3 Å². The van der Waals surface area contributed by atoms with E-state index < -0.39 is 5.60 Å². The first kappa shape index (κ1) is 26.9. The fraction of sp³-hybridized carbons (Fsp3) is 0.565. The number of aryl methyl sites for hydroxylation is 2. The molecule has 0 fully saturated rings. The van der Waals surface area contributed by atoms with Gasteiger partial charge in [0.15, 0.2) is 5.13 Å². The van der Waals surface area contributed by atoms with Crippen molar-refractivity contribution in [3.63, 3.8) is 0 Å². The lowest BCUT2D eigenvalue weighted by Crippen LogP contribution is -2.32. The van der Waals surface area contributed by atoms with Crippen LogP contribution >= 0.6 is 22.9 Å². The van der Waals surface area contributed by atoms with Crippen LogP contribution in [0.3, 0.4) is 0 Å². The van der Waals surface area contributed by atoms with E-state index in [4.69, 9.17) is 16.3 Å². The Bertz CT molecular complexity index is 923. The van der Waals surface area contributed by atoms with E-state index in [-0.39, 0.29) is 12.0 Å². The molecule has 0 radical (unpaired) electrons. The Morgan fingerprint density at radius 1 is 1.03 bits per heavy atom. The fourth-order valence-electron chi connectivity index (χ4n) is 2.94. The van der Waals surface area contributed by atoms with Gasteiger partial charge in [-0.1, -0.05) is 30.9 Å². The number of ether oxygens (including phenoxy) is 1. The lowest BCUT2D eigenvalue weighted by Gasteiger charge is -2.19. The van der Waals surface area contributed by atoms with Crippen molar-refractivity contribution in [2.75, 3.05) is 23.7 Å². The summed E-state index contributed by atoms with van der Waals surface area (Å²) in [6.45, 7) is 10.7. The monoisotopic (exact) mass is 495 g/mol. The number of rotatable bonds is 11. The van der Waals surface area contributed by atoms with E-state index in [0.717, 1.165) is 42.7 Å². The normalized spacial score (nSPS) is 11.2. The van der Waals surface area contributed by atoms with Gasteiger partial charge in [-0.05, 0) is 59.6 Å². The molecule has 0 bridgehead atoms. The SMILES string of the molecule is Cc1nc(NC(=O)c2ccc(Cl)nc2NCCCCCCCNC(=O)OC(C)(C)C)sc1C. The summed E-state index contributed by atoms with van der Waals surface area (Å²) in [5.74, 6) is 0.194. The number of anilines is 2. The van der Waals surface area contributed by atoms with Gasteiger partial charge in [0.2, 0.25) is 0 Å². The van der Waals surface area contributed by atoms with E-state index >= 15 is 0 Å². The second-order valence-corrected chi connectivity index (χ2v) is 10.4. The molecule has 2 rings (SSSR count). The van der Waals surface area contributed by atoms with Crippen molar-refractivity contribution in [2.24, 2.45) is 0 Å². The minimum atomic E-state index is -0.478. The van der Waals surface area contributed by atoms with Gasteiger partial charge in [-0.3, -0.25) is 10.1 Å². The number of nitrogens with zero attached hydrogens (tertiary/aromatic N) is 2. The summed E-state index contributed by atoms with van der Waals surface area (Å²) in [5, 5.41) is 9.73. The summed E-state index contributed by atoms with van der Waals surface area (Å²) in [5.41, 5.74) is 0.857. The van der Waals surface area contributed by atoms with E-state index in [1.165, 1.54) is 11.3 Å². The van der Waals surface area contributed by atoms with Gasteiger partial charge in [-0.2, -0.15) is 0 Å². The van der Waals surface area contributed by atoms with E-state index in [0.29, 0.717) is 34.8 Å². The summed E-state index contributed by atoms with van der Waals surface area (Å²) >= 11 is 7.48. The van der Waals surface area contributed by atoms with Crippen molar-refractivity contribution in [3.05, 3.63) is 33.4 Å². The summed E-state index contributed by atoms with van der Waals surface area (Å²) in [6, 6.07) is 3.27. The van der Waals surface area contributed by atoms with Crippen LogP contribution < -0.4 is 16.0 Å². The first-order valence-corrected chi connectivity index (χ1v) is 12.4. The van der Waals surface area contributed by atoms with Gasteiger partial charge in [0.1, 0.15) is 16.6 Å². The number of nitrogens with one attached hydrogen (secondary N) is 3. The van der Waals surface area contributed by atoms with Crippen molar-refractivity contribution in [1.82, 2.24) is 15.3 Å². The highest BCUT2D eigenvalue weighted by molar-refractivity contribution is 7.15. The Morgan fingerprint density at radius 2 is 1.70 bits per heavy atom. The summed E-state index contributed by atoms with van der Waals surface area (Å²) in [6.07, 6.45) is 4.56. The van der Waals surface area contributed by atoms with Crippen molar-refractivity contribution in [1.29, 1.82) is 0 Å². The molecule has 0 aliphatic carbocycles. The first-order chi connectivity index (χ1) is 15.5. The summed E-state index contributed by atoms with van der Waals surface area (Å²) in [4.78, 5) is 34.0. The molecule has 8 nitrogen and oxygen atoms in total. The smallest absolute Gasteiger partial charge is 0.407 e. The second-order valence-electron chi connectivity index (χ2n) is 8.77. The molecule has 182 valence electrons. The van der Waals surface area contributed by atoms with Crippen LogP contribution in [0.25, 0.3) is 0 Å². The Kier molecular flexibility index (Phi) is 10.4. The molecule has 0 aliphatic heterocycles. The van der Waals surface area contributed by atoms with E-state index in [1.54, 1.807) is 12.1 Å². The number of aromatic nitrogens is 2. The number of pyridine rings is 1. The average molecular weight is 496 g/mol. The van der Waals surface area contributed by atoms with Gasteiger partial charge in [0.25, 0.3) is 5.91 Å². The molecule has 0 saturated heterocycles. The van der Waals surface area contributed by atoms with Crippen LogP contribution in [0, 0.1) is 13.8 Å². The van der Waals surface area contributed by atoms with Crippen LogP contribution in [0.5, 0.6) is 0 Å². The van der Waals surface area contributed by atoms with Gasteiger partial charge in [-0.15, -0.1) is 11.3 Å². The standard InChI is InChI=1S/C23H34ClN5O3S/c1-15-16(2)33-21(27-15)29-20(30)17-11-12-18(24)28-19(17)25-13-9-7-6-8-10-14-26-22(31)32-23(3,4)5/h11-12H,6-10,13-14H2,1-5H3,(H,25,28)(H,26,31)(H,27,29,30). The van der Waals surface area contributed by atoms with E-state index in [2.05, 4.69) is 25.9 Å². The maximum Gasteiger partial charge on any atom is 0.407 e. The molecular weight excluding hydrogens is 462 g/mol. The van der Waals surface area contributed by atoms with Crippen LogP contribution in [0.1, 0.15) is 73.8 Å². The maximum atomic E-state index is 12.7. The topological polar surface area (TPSA) is 105 Å². The van der Waals surface area contributed by atoms with Crippen LogP contribution in [0.2, 0.25) is 5.15 Å². The molecule has 0 atom stereocenters. The quantitative estimate of drug-likeness (QED) is 0.263. The molecule has 10 heteroatoms. The maximum absolute atomic E-state index is 12.7. The zero-order chi connectivity index (χ0) is 24.4. The third-order valence-electron chi connectivity index (χ3n) is 4.67. The third-order valence-corrected chi connectivity index (χ3v) is 5.87. The van der Waals surface area contributed by atoms with E-state index in [1.807, 2.05) is 34.6 Å². The van der Waals surface area contributed by atoms with Crippen LogP contribution in [-0.4, -0.2) is 40.7 Å². The number of thiazole rings is 1. The average Bonchev–Trinajstić information content (AvgIpc) is 3.02. The van der Waals surface area contributed by atoms with E-state index in [9.17, 15) is 9.59 Å². The molecule has 2 amide bonds. The molecule has 0 spiro atoms. The predicted octanol–water partition coefficient (Wildman–Crippen LogP) is 5.95. The molecule has 0 aliphatic rings. The number of carbonyl (C=O) groups is 2. The number of amides is 2. The highest BCUT2D eigenvalue weighted by Crippen LogP contribution is 2.23. The molecule has 0 unspecified atom stereocenters. The summed E-state index contributed by atoms with van der Waals surface area (Å²) in [7, 11) is 0. The third kappa shape index (κ3) is 9.96. The molecule has 33 heavy (non-hydrogen) atoms. The first-order valence-electron chi connectivity index (χ1n) is 11.2. The Labute approximate surface area is 204 Å². The van der Waals surface area contributed by atoms with Gasteiger partial charge in [-0.25, -0.2) is 14.8 Å². The molecular formula is C23H34ClN5O3S. The second kappa shape index (κ2) is 12.7. The molecule has 0 saturated carbocycles. The minimum absolute atomic E-state index is 0.270. The van der Waals surface area contributed by atoms with Crippen molar-refractivity contribution in [3.8, 4) is 0 Å². The van der Waals surface area contributed by atoms with Gasteiger partial charge in [0, 0.05) is 18.0 Å². The molecule has 2 heterocycles. The molecule has 0 aromatic carbocycles. The zero-order valence-corrected chi connectivity index (χ0v) is 21.6. The predicted molar refractivity (Wildman–Crippen MR) is 135 cm³/mol. The van der Waals surface area contributed by atoms with Gasteiger partial charge >= 0.3 is 6.09 Å². The van der Waals surface area contributed by atoms with Crippen molar-refractivity contribution >= 4 is 45.9 Å². The van der Waals surface area contributed by atoms with Gasteiger partial charge in [0.05, 0.1) is 11.3 Å². The van der Waals surface area contributed by atoms with Crippen LogP contribution in [-0.2, 0) is 4.74 Å². The highest BCUT2D eigenvalue weighted by Gasteiger charge is 2.16. The number of halogens is 1. The molecule has 3 N–H and O–H groups in total. The number of hydrogen-bond donors (Lipinski definition) is 3. The Balaban J connectivity index is 1.70. The lowest BCUT2D eigenvalue weighted by molar-refractivity contribution is 0.0526. The Morgan fingerprint density at radius 3 is 2.33 bits per heavy atom. The molecule has 2 aromatic heterocycles. The number of hydrogen-bond acceptors (Lipinski definition) is 7. The van der Waals surface area contributed by atoms with Gasteiger partial charge < -0.3 is 15.4 Å². The van der Waals surface area contributed by atoms with Crippen LogP contribution in [0.4, 0.5) is 15.7 Å². The number of carbonyl (C=O) groups excluding carboxylic acids is 2. The summed E-state index contributed by atoms with van der Waals surface area (Å²) < 4.78 is 5.21. The number of unbranched alkanes of at least 4 members (excludes halogenated alkanes) is 4. The van der Waals surface area contributed by atoms with Crippen LogP contribution in [0.15, 0.2) is 12.1 Å². The minimum Gasteiger partial charge on any atom is -0.444 e. The lowest BCUT2D eigenvalue weighted by atomic mass is 10.1. The zero-order valence-electron chi connectivity index (χ0n) is 20.0.